The van der Waals surface area contributed by atoms with Crippen LogP contribution in [-0.2, 0) is 0 Å². The summed E-state index contributed by atoms with van der Waals surface area (Å²) < 4.78 is 0. The molecule has 1 atom stereocenters. The summed E-state index contributed by atoms with van der Waals surface area (Å²) in [5.74, 6) is 0. The quantitative estimate of drug-likeness (QED) is 0.531. The Balaban J connectivity index is 2.50. The molecule has 2 N–H and O–H groups in total. The van der Waals surface area contributed by atoms with Crippen molar-refractivity contribution < 1.29 is 5.11 Å². The molecule has 0 aliphatic rings. The second-order valence-electron chi connectivity index (χ2n) is 3.18. The molecular weight excluding hydrogens is 174 g/mol. The molecular formula is C12H17NO. The number of nitrogens with one attached hydrogen (secondary N) is 1. The lowest BCUT2D eigenvalue weighted by atomic mass is 10.1. The molecule has 1 aromatic rings. The molecule has 1 rings (SSSR count). The van der Waals surface area contributed by atoms with Crippen LogP contribution in [0.3, 0.4) is 0 Å². The van der Waals surface area contributed by atoms with E-state index in [4.69, 9.17) is 0 Å². The van der Waals surface area contributed by atoms with Gasteiger partial charge in [-0.15, -0.1) is 6.58 Å². The molecule has 0 spiro atoms. The summed E-state index contributed by atoms with van der Waals surface area (Å²) in [6, 6.07) is 10.0. The average molecular weight is 191 g/mol. The van der Waals surface area contributed by atoms with Crippen LogP contribution in [0.4, 0.5) is 0 Å². The summed E-state index contributed by atoms with van der Waals surface area (Å²) in [5.41, 5.74) is 1.12. The van der Waals surface area contributed by atoms with Crippen molar-refractivity contribution in [1.82, 2.24) is 5.32 Å². The van der Waals surface area contributed by atoms with E-state index in [2.05, 4.69) is 11.9 Å². The minimum Gasteiger partial charge on any atom is -0.394 e. The molecule has 0 aliphatic heterocycles. The van der Waals surface area contributed by atoms with Gasteiger partial charge in [0.1, 0.15) is 0 Å². The van der Waals surface area contributed by atoms with Gasteiger partial charge < -0.3 is 10.4 Å². The summed E-state index contributed by atoms with van der Waals surface area (Å²) in [6.45, 7) is 4.63. The summed E-state index contributed by atoms with van der Waals surface area (Å²) in [6.07, 6.45) is 2.79. The van der Waals surface area contributed by atoms with E-state index in [1.165, 1.54) is 0 Å². The summed E-state index contributed by atoms with van der Waals surface area (Å²) in [5, 5.41) is 12.5. The minimum absolute atomic E-state index is 0.0381. The van der Waals surface area contributed by atoms with Crippen molar-refractivity contribution in [3.63, 3.8) is 0 Å². The number of rotatable bonds is 6. The van der Waals surface area contributed by atoms with Crippen LogP contribution < -0.4 is 5.32 Å². The van der Waals surface area contributed by atoms with Crippen molar-refractivity contribution in [2.45, 2.75) is 12.5 Å². The Morgan fingerprint density at radius 2 is 2.07 bits per heavy atom. The van der Waals surface area contributed by atoms with Crippen molar-refractivity contribution >= 4 is 0 Å². The molecule has 0 aliphatic carbocycles. The lowest BCUT2D eigenvalue weighted by molar-refractivity contribution is 0.245. The van der Waals surface area contributed by atoms with Gasteiger partial charge in [0, 0.05) is 0 Å². The number of benzene rings is 1. The summed E-state index contributed by atoms with van der Waals surface area (Å²) >= 11 is 0. The first-order valence-corrected chi connectivity index (χ1v) is 4.88. The molecule has 14 heavy (non-hydrogen) atoms. The molecule has 1 aromatic carbocycles. The highest BCUT2D eigenvalue weighted by molar-refractivity contribution is 5.18. The van der Waals surface area contributed by atoms with E-state index in [9.17, 15) is 5.11 Å². The highest BCUT2D eigenvalue weighted by Crippen LogP contribution is 2.10. The molecule has 0 bridgehead atoms. The van der Waals surface area contributed by atoms with Crippen molar-refractivity contribution in [2.24, 2.45) is 0 Å². The van der Waals surface area contributed by atoms with Gasteiger partial charge in [0.15, 0.2) is 0 Å². The number of hydrogen-bond donors (Lipinski definition) is 2. The Bertz CT molecular complexity index is 258. The molecule has 0 fully saturated rings. The molecule has 2 heteroatoms. The molecule has 0 amide bonds. The summed E-state index contributed by atoms with van der Waals surface area (Å²) in [7, 11) is 0. The molecule has 2 nitrogen and oxygen atoms in total. The molecule has 76 valence electrons. The Labute approximate surface area is 85.3 Å². The second-order valence-corrected chi connectivity index (χ2v) is 3.18. The van der Waals surface area contributed by atoms with Gasteiger partial charge >= 0.3 is 0 Å². The number of hydrogen-bond acceptors (Lipinski definition) is 2. The van der Waals surface area contributed by atoms with Crippen LogP contribution in [0.2, 0.25) is 0 Å². The van der Waals surface area contributed by atoms with Gasteiger partial charge in [-0.1, -0.05) is 36.4 Å². The van der Waals surface area contributed by atoms with E-state index < -0.39 is 0 Å². The number of aliphatic hydroxyl groups is 1. The lowest BCUT2D eigenvalue weighted by Crippen LogP contribution is -2.25. The zero-order chi connectivity index (χ0) is 10.2. The zero-order valence-electron chi connectivity index (χ0n) is 8.32. The standard InChI is InChI=1S/C12H17NO/c1-2-3-9-13-12(10-14)11-7-5-4-6-8-11/h2,4-8,12-14H,1,3,9-10H2/t12-/m1/s1. The van der Waals surface area contributed by atoms with Crippen molar-refractivity contribution in [3.05, 3.63) is 48.6 Å². The highest BCUT2D eigenvalue weighted by atomic mass is 16.3. The van der Waals surface area contributed by atoms with Crippen LogP contribution in [0.25, 0.3) is 0 Å². The van der Waals surface area contributed by atoms with E-state index >= 15 is 0 Å². The van der Waals surface area contributed by atoms with Gasteiger partial charge in [-0.2, -0.15) is 0 Å². The zero-order valence-corrected chi connectivity index (χ0v) is 8.32. The molecule has 0 saturated carbocycles. The molecule has 0 unspecified atom stereocenters. The Morgan fingerprint density at radius 3 is 2.64 bits per heavy atom. The number of aliphatic hydroxyl groups excluding tert-OH is 1. The average Bonchev–Trinajstić information content (AvgIpc) is 2.26. The van der Waals surface area contributed by atoms with Crippen LogP contribution in [0.1, 0.15) is 18.0 Å². The predicted molar refractivity (Wildman–Crippen MR) is 59.1 cm³/mol. The van der Waals surface area contributed by atoms with Crippen molar-refractivity contribution in [1.29, 1.82) is 0 Å². The van der Waals surface area contributed by atoms with Crippen LogP contribution in [0.15, 0.2) is 43.0 Å². The maximum atomic E-state index is 9.19. The first-order valence-electron chi connectivity index (χ1n) is 4.88. The van der Waals surface area contributed by atoms with Crippen LogP contribution in [-0.4, -0.2) is 18.3 Å². The molecule has 0 saturated heterocycles. The Hall–Kier alpha value is -1.12. The van der Waals surface area contributed by atoms with Gasteiger partial charge in [-0.3, -0.25) is 0 Å². The second kappa shape index (κ2) is 6.35. The fourth-order valence-corrected chi connectivity index (χ4v) is 1.33. The third kappa shape index (κ3) is 3.32. The van der Waals surface area contributed by atoms with Crippen LogP contribution in [0.5, 0.6) is 0 Å². The Kier molecular flexibility index (Phi) is 4.97. The van der Waals surface area contributed by atoms with Gasteiger partial charge in [-0.25, -0.2) is 0 Å². The first kappa shape index (κ1) is 11.0. The Morgan fingerprint density at radius 1 is 1.36 bits per heavy atom. The fourth-order valence-electron chi connectivity index (χ4n) is 1.33. The molecule has 0 heterocycles. The van der Waals surface area contributed by atoms with E-state index in [1.807, 2.05) is 36.4 Å². The van der Waals surface area contributed by atoms with Crippen LogP contribution >= 0.6 is 0 Å². The van der Waals surface area contributed by atoms with Crippen LogP contribution in [0, 0.1) is 0 Å². The van der Waals surface area contributed by atoms with Crippen molar-refractivity contribution in [2.75, 3.05) is 13.2 Å². The van der Waals surface area contributed by atoms with Gasteiger partial charge in [0.2, 0.25) is 0 Å². The molecule has 0 radical (unpaired) electrons. The van der Waals surface area contributed by atoms with Gasteiger partial charge in [0.05, 0.1) is 12.6 Å². The van der Waals surface area contributed by atoms with E-state index in [-0.39, 0.29) is 12.6 Å². The smallest absolute Gasteiger partial charge is 0.0626 e. The highest BCUT2D eigenvalue weighted by Gasteiger charge is 2.07. The maximum absolute atomic E-state index is 9.19. The van der Waals surface area contributed by atoms with E-state index in [1.54, 1.807) is 0 Å². The van der Waals surface area contributed by atoms with E-state index in [0.29, 0.717) is 0 Å². The predicted octanol–water partition coefficient (Wildman–Crippen LogP) is 1.89. The lowest BCUT2D eigenvalue weighted by Gasteiger charge is -2.15. The monoisotopic (exact) mass is 191 g/mol. The summed E-state index contributed by atoms with van der Waals surface area (Å²) in [4.78, 5) is 0. The van der Waals surface area contributed by atoms with E-state index in [0.717, 1.165) is 18.5 Å². The maximum Gasteiger partial charge on any atom is 0.0626 e. The van der Waals surface area contributed by atoms with Gasteiger partial charge in [0.25, 0.3) is 0 Å². The third-order valence-corrected chi connectivity index (χ3v) is 2.12. The van der Waals surface area contributed by atoms with Gasteiger partial charge in [-0.05, 0) is 18.5 Å². The topological polar surface area (TPSA) is 32.3 Å². The molecule has 0 aromatic heterocycles. The normalized spacial score (nSPS) is 12.4. The van der Waals surface area contributed by atoms with Crippen molar-refractivity contribution in [3.8, 4) is 0 Å². The fraction of sp³-hybridized carbons (Fsp3) is 0.333. The largest absolute Gasteiger partial charge is 0.394 e. The minimum atomic E-state index is 0.0381. The third-order valence-electron chi connectivity index (χ3n) is 2.12. The first-order chi connectivity index (χ1) is 6.88. The SMILES string of the molecule is C=CCCN[C@H](CO)c1ccccc1.